The van der Waals surface area contributed by atoms with Crippen LogP contribution in [0.2, 0.25) is 25.7 Å². The van der Waals surface area contributed by atoms with Crippen molar-refractivity contribution >= 4 is 35.9 Å². The summed E-state index contributed by atoms with van der Waals surface area (Å²) in [6.07, 6.45) is 7.86. The summed E-state index contributed by atoms with van der Waals surface area (Å²) in [4.78, 5) is 29.2. The molecule has 0 spiro atoms. The van der Waals surface area contributed by atoms with Crippen LogP contribution in [0.4, 0.5) is 4.79 Å². The number of carbonyl (C=O) groups excluding carboxylic acids is 2. The molecule has 1 atom stereocenters. The average molecular weight is 570 g/mol. The number of ether oxygens (including phenoxy) is 2. The molecule has 2 rings (SSSR count). The Kier molecular flexibility index (Phi) is 10.9. The van der Waals surface area contributed by atoms with E-state index in [1.54, 1.807) is 6.07 Å². The van der Waals surface area contributed by atoms with Gasteiger partial charge in [-0.3, -0.25) is 4.79 Å². The predicted molar refractivity (Wildman–Crippen MR) is 140 cm³/mol. The maximum absolute atomic E-state index is 12.5. The molecule has 0 aromatic carbocycles. The smallest absolute Gasteiger partial charge is 0.408 e. The molecule has 0 saturated carbocycles. The number of hydrogen-bond acceptors (Lipinski definition) is 7. The maximum Gasteiger partial charge on any atom is 0.408 e. The quantitative estimate of drug-likeness (QED) is 0.134. The molecule has 35 heavy (non-hydrogen) atoms. The Balaban J connectivity index is 2.06. The van der Waals surface area contributed by atoms with Gasteiger partial charge in [-0.1, -0.05) is 36.9 Å². The molecule has 1 N–H and O–H groups in total. The van der Waals surface area contributed by atoms with E-state index in [1.165, 1.54) is 6.26 Å². The van der Waals surface area contributed by atoms with E-state index in [4.69, 9.17) is 14.0 Å². The zero-order chi connectivity index (χ0) is 26.1. The number of rotatable bonds is 13. The van der Waals surface area contributed by atoms with Gasteiger partial charge in [0.05, 0.1) is 6.04 Å². The second-order valence-corrected chi connectivity index (χ2v) is 16.9. The lowest BCUT2D eigenvalue weighted by Gasteiger charge is -2.23. The highest BCUT2D eigenvalue weighted by atomic mass is 79.9. The molecule has 0 radical (unpaired) electrons. The average Bonchev–Trinajstić information content (AvgIpc) is 3.38. The predicted octanol–water partition coefficient (Wildman–Crippen LogP) is 6.12. The first-order chi connectivity index (χ1) is 16.3. The minimum absolute atomic E-state index is 0.0817. The number of alkyl carbamates (subject to hydrolysis) is 1. The van der Waals surface area contributed by atoms with Gasteiger partial charge in [0.25, 0.3) is 0 Å². The number of ketones is 1. The number of allylic oxidation sites excluding steroid dienone is 1. The third-order valence-corrected chi connectivity index (χ3v) is 6.89. The van der Waals surface area contributed by atoms with Crippen molar-refractivity contribution in [1.82, 2.24) is 20.0 Å². The van der Waals surface area contributed by atoms with E-state index in [0.717, 1.165) is 6.04 Å². The monoisotopic (exact) mass is 568 g/mol. The van der Waals surface area contributed by atoms with Crippen LogP contribution in [0.25, 0.3) is 0 Å². The lowest BCUT2D eigenvalue weighted by molar-refractivity contribution is 0.0492. The molecule has 0 aliphatic rings. The molecule has 0 fully saturated rings. The largest absolute Gasteiger partial charge is 0.444 e. The molecule has 2 aromatic heterocycles. The zero-order valence-electron chi connectivity index (χ0n) is 21.5. The van der Waals surface area contributed by atoms with Crippen molar-refractivity contribution in [2.75, 3.05) is 6.61 Å². The zero-order valence-corrected chi connectivity index (χ0v) is 24.1. The van der Waals surface area contributed by atoms with E-state index >= 15 is 0 Å². The molecule has 2 aromatic rings. The van der Waals surface area contributed by atoms with Crippen LogP contribution in [-0.2, 0) is 16.2 Å². The highest BCUT2D eigenvalue weighted by Crippen LogP contribution is 2.22. The van der Waals surface area contributed by atoms with Crippen molar-refractivity contribution in [2.45, 2.75) is 84.1 Å². The molecular weight excluding hydrogens is 532 g/mol. The van der Waals surface area contributed by atoms with Gasteiger partial charge in [0, 0.05) is 33.4 Å². The van der Waals surface area contributed by atoms with Gasteiger partial charge in [0.1, 0.15) is 34.7 Å². The number of nitrogens with one attached hydrogen (secondary N) is 1. The van der Waals surface area contributed by atoms with Crippen molar-refractivity contribution < 1.29 is 23.6 Å². The van der Waals surface area contributed by atoms with Gasteiger partial charge in [-0.2, -0.15) is 0 Å². The second kappa shape index (κ2) is 13.2. The van der Waals surface area contributed by atoms with Crippen molar-refractivity contribution in [3.8, 4) is 0 Å². The highest BCUT2D eigenvalue weighted by Gasteiger charge is 2.24. The van der Waals surface area contributed by atoms with Crippen LogP contribution < -0.4 is 5.32 Å². The Hall–Kier alpha value is -2.24. The third-order valence-electron chi connectivity index (χ3n) is 4.81. The van der Waals surface area contributed by atoms with Crippen LogP contribution in [-0.4, -0.2) is 46.9 Å². The van der Waals surface area contributed by atoms with Crippen molar-refractivity contribution in [2.24, 2.45) is 0 Å². The first-order valence-corrected chi connectivity index (χ1v) is 16.2. The van der Waals surface area contributed by atoms with Crippen LogP contribution in [0.3, 0.4) is 0 Å². The summed E-state index contributed by atoms with van der Waals surface area (Å²) in [7, 11) is -1.20. The maximum atomic E-state index is 12.5. The van der Waals surface area contributed by atoms with Gasteiger partial charge in [0.2, 0.25) is 0 Å². The van der Waals surface area contributed by atoms with Gasteiger partial charge < -0.3 is 23.9 Å². The van der Waals surface area contributed by atoms with E-state index in [1.807, 2.05) is 43.7 Å². The second-order valence-electron chi connectivity index (χ2n) is 10.5. The summed E-state index contributed by atoms with van der Waals surface area (Å²) in [6, 6.07) is 2.17. The molecule has 2 heterocycles. The molecule has 0 bridgehead atoms. The minimum atomic E-state index is -1.20. The van der Waals surface area contributed by atoms with Gasteiger partial charge in [-0.05, 0) is 55.6 Å². The summed E-state index contributed by atoms with van der Waals surface area (Å²) in [5.74, 6) is 0.570. The summed E-state index contributed by atoms with van der Waals surface area (Å²) in [5, 5.41) is 6.59. The van der Waals surface area contributed by atoms with Crippen molar-refractivity contribution in [3.05, 3.63) is 46.8 Å². The first kappa shape index (κ1) is 29.0. The number of nitrogens with zero attached hydrogens (tertiary/aromatic N) is 3. The molecule has 0 aliphatic heterocycles. The Morgan fingerprint density at radius 2 is 2.03 bits per heavy atom. The number of imidazole rings is 1. The molecule has 0 aliphatic carbocycles. The van der Waals surface area contributed by atoms with Gasteiger partial charge >= 0.3 is 6.09 Å². The van der Waals surface area contributed by atoms with Gasteiger partial charge in [0.15, 0.2) is 5.78 Å². The Bertz CT molecular complexity index is 977. The SMILES string of the molecule is CC(C)(C)OC(=O)NC(C/C=C/CCC(=O)c1ccon1)c1nc(Br)cn1COCC[Si](C)(C)C. The number of amides is 1. The van der Waals surface area contributed by atoms with Crippen LogP contribution in [0.1, 0.15) is 62.4 Å². The minimum Gasteiger partial charge on any atom is -0.444 e. The molecule has 11 heteroatoms. The summed E-state index contributed by atoms with van der Waals surface area (Å²) in [5.41, 5.74) is -0.300. The highest BCUT2D eigenvalue weighted by molar-refractivity contribution is 9.10. The van der Waals surface area contributed by atoms with E-state index in [2.05, 4.69) is 51.0 Å². The summed E-state index contributed by atoms with van der Waals surface area (Å²) < 4.78 is 18.6. The van der Waals surface area contributed by atoms with Crippen LogP contribution >= 0.6 is 15.9 Å². The summed E-state index contributed by atoms with van der Waals surface area (Å²) >= 11 is 3.44. The van der Waals surface area contributed by atoms with Crippen LogP contribution in [0.15, 0.2) is 39.8 Å². The summed E-state index contributed by atoms with van der Waals surface area (Å²) in [6.45, 7) is 13.4. The van der Waals surface area contributed by atoms with Crippen molar-refractivity contribution in [1.29, 1.82) is 0 Å². The van der Waals surface area contributed by atoms with Crippen LogP contribution in [0.5, 0.6) is 0 Å². The molecule has 0 saturated heterocycles. The topological polar surface area (TPSA) is 108 Å². The fourth-order valence-corrected chi connectivity index (χ4v) is 4.23. The van der Waals surface area contributed by atoms with E-state index in [9.17, 15) is 9.59 Å². The Morgan fingerprint density at radius 1 is 1.29 bits per heavy atom. The number of aromatic nitrogens is 3. The fourth-order valence-electron chi connectivity index (χ4n) is 3.05. The van der Waals surface area contributed by atoms with E-state index < -0.39 is 25.8 Å². The van der Waals surface area contributed by atoms with E-state index in [-0.39, 0.29) is 5.78 Å². The standard InChI is InChI=1S/C24H37BrN4O5Si/c1-24(2,3)34-23(31)26-19(10-8-7-9-11-20(30)18-12-13-33-28-18)22-27-21(25)16-29(22)17-32-14-15-35(4,5)6/h7-8,12-13,16,19H,9-11,14-15,17H2,1-6H3,(H,26,31)/b8-7+. The molecule has 194 valence electrons. The number of carbonyl (C=O) groups is 2. The number of halogens is 1. The van der Waals surface area contributed by atoms with Crippen LogP contribution in [0, 0.1) is 0 Å². The Morgan fingerprint density at radius 3 is 2.66 bits per heavy atom. The molecule has 9 nitrogen and oxygen atoms in total. The normalized spacial score (nSPS) is 13.2. The number of hydrogen-bond donors (Lipinski definition) is 1. The van der Waals surface area contributed by atoms with Gasteiger partial charge in [-0.15, -0.1) is 0 Å². The number of Topliss-reactive ketones (excluding diaryl/α,β-unsaturated/α-hetero) is 1. The molecule has 1 unspecified atom stereocenters. The first-order valence-electron chi connectivity index (χ1n) is 11.7. The lowest BCUT2D eigenvalue weighted by atomic mass is 10.1. The Labute approximate surface area is 216 Å². The third kappa shape index (κ3) is 11.4. The van der Waals surface area contributed by atoms with Crippen molar-refractivity contribution in [3.63, 3.8) is 0 Å². The molecule has 1 amide bonds. The fraction of sp³-hybridized carbons (Fsp3) is 0.583. The van der Waals surface area contributed by atoms with E-state index in [0.29, 0.717) is 48.7 Å². The lowest BCUT2D eigenvalue weighted by Crippen LogP contribution is -2.36. The molecular formula is C24H37BrN4O5Si. The van der Waals surface area contributed by atoms with Gasteiger partial charge in [-0.25, -0.2) is 9.78 Å².